The number of carbonyl (C=O) groups excluding carboxylic acids is 1. The molecule has 0 aliphatic carbocycles. The van der Waals surface area contributed by atoms with E-state index in [1.165, 1.54) is 6.20 Å². The standard InChI is InChI=1S/C10H16ClN5O/c1-4-13-10-14-5-7(11)9(15-10)16(3)6-8(17)12-2/h5H,4,6H2,1-3H3,(H,12,17)(H,13,14,15). The van der Waals surface area contributed by atoms with Crippen LogP contribution in [0.15, 0.2) is 6.20 Å². The lowest BCUT2D eigenvalue weighted by atomic mass is 10.4. The Morgan fingerprint density at radius 3 is 2.88 bits per heavy atom. The van der Waals surface area contributed by atoms with E-state index in [4.69, 9.17) is 11.6 Å². The van der Waals surface area contributed by atoms with Crippen molar-refractivity contribution < 1.29 is 4.79 Å². The molecule has 2 N–H and O–H groups in total. The molecule has 0 atom stereocenters. The van der Waals surface area contributed by atoms with Crippen molar-refractivity contribution in [3.8, 4) is 0 Å². The third kappa shape index (κ3) is 3.74. The number of anilines is 2. The van der Waals surface area contributed by atoms with E-state index < -0.39 is 0 Å². The maximum absolute atomic E-state index is 11.3. The molecule has 7 heteroatoms. The second-order valence-electron chi connectivity index (χ2n) is 3.42. The van der Waals surface area contributed by atoms with Crippen LogP contribution < -0.4 is 15.5 Å². The third-order valence-electron chi connectivity index (χ3n) is 2.08. The predicted molar refractivity (Wildman–Crippen MR) is 68.5 cm³/mol. The molecule has 0 fully saturated rings. The number of carbonyl (C=O) groups is 1. The summed E-state index contributed by atoms with van der Waals surface area (Å²) in [5.74, 6) is 0.920. The highest BCUT2D eigenvalue weighted by Crippen LogP contribution is 2.22. The number of amides is 1. The van der Waals surface area contributed by atoms with Gasteiger partial charge in [0.15, 0.2) is 5.82 Å². The minimum atomic E-state index is -0.104. The van der Waals surface area contributed by atoms with Gasteiger partial charge < -0.3 is 15.5 Å². The van der Waals surface area contributed by atoms with E-state index in [-0.39, 0.29) is 12.5 Å². The lowest BCUT2D eigenvalue weighted by molar-refractivity contribution is -0.119. The van der Waals surface area contributed by atoms with Crippen molar-refractivity contribution in [2.24, 2.45) is 0 Å². The molecule has 17 heavy (non-hydrogen) atoms. The molecule has 1 rings (SSSR count). The predicted octanol–water partition coefficient (Wildman–Crippen LogP) is 0.744. The molecule has 0 aliphatic heterocycles. The number of hydrogen-bond donors (Lipinski definition) is 2. The monoisotopic (exact) mass is 257 g/mol. The highest BCUT2D eigenvalue weighted by atomic mass is 35.5. The van der Waals surface area contributed by atoms with Gasteiger partial charge in [-0.25, -0.2) is 4.98 Å². The average Bonchev–Trinajstić information content (AvgIpc) is 2.31. The van der Waals surface area contributed by atoms with Crippen LogP contribution in [-0.4, -0.2) is 43.1 Å². The van der Waals surface area contributed by atoms with Crippen molar-refractivity contribution in [3.05, 3.63) is 11.2 Å². The lowest BCUT2D eigenvalue weighted by Crippen LogP contribution is -2.33. The molecule has 0 aliphatic rings. The minimum Gasteiger partial charge on any atom is -0.358 e. The Morgan fingerprint density at radius 2 is 2.29 bits per heavy atom. The smallest absolute Gasteiger partial charge is 0.239 e. The first-order valence-corrected chi connectivity index (χ1v) is 5.64. The lowest BCUT2D eigenvalue weighted by Gasteiger charge is -2.18. The zero-order chi connectivity index (χ0) is 12.8. The van der Waals surface area contributed by atoms with Crippen molar-refractivity contribution in [1.29, 1.82) is 0 Å². The molecule has 1 heterocycles. The first-order valence-electron chi connectivity index (χ1n) is 5.26. The van der Waals surface area contributed by atoms with Crippen LogP contribution in [0.1, 0.15) is 6.92 Å². The second kappa shape index (κ2) is 6.24. The summed E-state index contributed by atoms with van der Waals surface area (Å²) in [5.41, 5.74) is 0. The molecular formula is C10H16ClN5O. The number of nitrogens with one attached hydrogen (secondary N) is 2. The van der Waals surface area contributed by atoms with E-state index in [9.17, 15) is 4.79 Å². The molecule has 1 aromatic rings. The van der Waals surface area contributed by atoms with Gasteiger partial charge in [0, 0.05) is 20.6 Å². The Morgan fingerprint density at radius 1 is 1.59 bits per heavy atom. The number of aromatic nitrogens is 2. The van der Waals surface area contributed by atoms with Gasteiger partial charge in [-0.15, -0.1) is 0 Å². The maximum Gasteiger partial charge on any atom is 0.239 e. The molecular weight excluding hydrogens is 242 g/mol. The van der Waals surface area contributed by atoms with Gasteiger partial charge in [-0.05, 0) is 6.92 Å². The number of likely N-dealkylation sites (N-methyl/N-ethyl adjacent to an activating group) is 2. The molecule has 1 aromatic heterocycles. The quantitative estimate of drug-likeness (QED) is 0.814. The molecule has 0 unspecified atom stereocenters. The van der Waals surface area contributed by atoms with Crippen molar-refractivity contribution in [2.75, 3.05) is 37.4 Å². The summed E-state index contributed by atoms with van der Waals surface area (Å²) in [6.07, 6.45) is 1.52. The Balaban J connectivity index is 2.87. The fraction of sp³-hybridized carbons (Fsp3) is 0.500. The van der Waals surface area contributed by atoms with Crippen molar-refractivity contribution >= 4 is 29.3 Å². The molecule has 0 saturated heterocycles. The van der Waals surface area contributed by atoms with Crippen LogP contribution in [0, 0.1) is 0 Å². The molecule has 0 radical (unpaired) electrons. The normalized spacial score (nSPS) is 9.88. The van der Waals surface area contributed by atoms with Gasteiger partial charge in [0.25, 0.3) is 0 Å². The number of rotatable bonds is 5. The summed E-state index contributed by atoms with van der Waals surface area (Å²) in [6.45, 7) is 2.87. The molecule has 6 nitrogen and oxygen atoms in total. The maximum atomic E-state index is 11.3. The first-order chi connectivity index (χ1) is 8.08. The Hall–Kier alpha value is -1.56. The Kier molecular flexibility index (Phi) is 4.96. The van der Waals surface area contributed by atoms with Gasteiger partial charge in [0.1, 0.15) is 5.02 Å². The second-order valence-corrected chi connectivity index (χ2v) is 3.83. The third-order valence-corrected chi connectivity index (χ3v) is 2.35. The highest BCUT2D eigenvalue weighted by Gasteiger charge is 2.12. The summed E-state index contributed by atoms with van der Waals surface area (Å²) in [4.78, 5) is 21.2. The van der Waals surface area contributed by atoms with Crippen LogP contribution in [0.2, 0.25) is 5.02 Å². The summed E-state index contributed by atoms with van der Waals surface area (Å²) in [5, 5.41) is 5.95. The molecule has 1 amide bonds. The van der Waals surface area contributed by atoms with Crippen LogP contribution in [0.3, 0.4) is 0 Å². The van der Waals surface area contributed by atoms with Crippen molar-refractivity contribution in [3.63, 3.8) is 0 Å². The highest BCUT2D eigenvalue weighted by molar-refractivity contribution is 6.32. The molecule has 0 saturated carbocycles. The molecule has 94 valence electrons. The van der Waals surface area contributed by atoms with E-state index in [1.54, 1.807) is 19.0 Å². The molecule has 0 aromatic carbocycles. The van der Waals surface area contributed by atoms with Gasteiger partial charge >= 0.3 is 0 Å². The summed E-state index contributed by atoms with van der Waals surface area (Å²) >= 11 is 5.99. The number of nitrogens with zero attached hydrogens (tertiary/aromatic N) is 3. The van der Waals surface area contributed by atoms with Crippen LogP contribution in [-0.2, 0) is 4.79 Å². The number of halogens is 1. The molecule has 0 bridgehead atoms. The Labute approximate surface area is 105 Å². The topological polar surface area (TPSA) is 70.2 Å². The van der Waals surface area contributed by atoms with E-state index >= 15 is 0 Å². The fourth-order valence-electron chi connectivity index (χ4n) is 1.24. The SMILES string of the molecule is CCNc1ncc(Cl)c(N(C)CC(=O)NC)n1. The van der Waals surface area contributed by atoms with E-state index in [0.29, 0.717) is 16.8 Å². The zero-order valence-corrected chi connectivity index (χ0v) is 10.9. The van der Waals surface area contributed by atoms with Gasteiger partial charge in [-0.2, -0.15) is 4.98 Å². The van der Waals surface area contributed by atoms with E-state index in [1.807, 2.05) is 6.92 Å². The van der Waals surface area contributed by atoms with Gasteiger partial charge in [0.2, 0.25) is 11.9 Å². The van der Waals surface area contributed by atoms with Crippen LogP contribution in [0.25, 0.3) is 0 Å². The summed E-state index contributed by atoms with van der Waals surface area (Å²) in [7, 11) is 3.33. The first kappa shape index (κ1) is 13.5. The largest absolute Gasteiger partial charge is 0.358 e. The van der Waals surface area contributed by atoms with E-state index in [2.05, 4.69) is 20.6 Å². The number of hydrogen-bond acceptors (Lipinski definition) is 5. The fourth-order valence-corrected chi connectivity index (χ4v) is 1.47. The van der Waals surface area contributed by atoms with Crippen LogP contribution in [0.4, 0.5) is 11.8 Å². The van der Waals surface area contributed by atoms with E-state index in [0.717, 1.165) is 6.54 Å². The average molecular weight is 258 g/mol. The minimum absolute atomic E-state index is 0.104. The van der Waals surface area contributed by atoms with Crippen molar-refractivity contribution in [1.82, 2.24) is 15.3 Å². The van der Waals surface area contributed by atoms with Crippen LogP contribution >= 0.6 is 11.6 Å². The van der Waals surface area contributed by atoms with Gasteiger partial charge in [-0.3, -0.25) is 4.79 Å². The molecule has 0 spiro atoms. The summed E-state index contributed by atoms with van der Waals surface area (Å²) in [6, 6.07) is 0. The van der Waals surface area contributed by atoms with Crippen molar-refractivity contribution in [2.45, 2.75) is 6.92 Å². The van der Waals surface area contributed by atoms with Crippen LogP contribution in [0.5, 0.6) is 0 Å². The van der Waals surface area contributed by atoms with Gasteiger partial charge in [0.05, 0.1) is 12.7 Å². The zero-order valence-electron chi connectivity index (χ0n) is 10.1. The Bertz CT molecular complexity index is 398. The van der Waals surface area contributed by atoms with Gasteiger partial charge in [-0.1, -0.05) is 11.6 Å². The summed E-state index contributed by atoms with van der Waals surface area (Å²) < 4.78 is 0.